The molecule has 1 saturated heterocycles. The van der Waals surface area contributed by atoms with Crippen molar-refractivity contribution in [3.05, 3.63) is 46.8 Å². The highest BCUT2D eigenvalue weighted by Gasteiger charge is 2.28. The van der Waals surface area contributed by atoms with Crippen LogP contribution in [-0.4, -0.2) is 31.7 Å². The minimum Gasteiger partial charge on any atom is -0.326 e. The van der Waals surface area contributed by atoms with Gasteiger partial charge in [0.15, 0.2) is 0 Å². The first-order valence-electron chi connectivity index (χ1n) is 8.46. The fourth-order valence-corrected chi connectivity index (χ4v) is 5.91. The zero-order valence-electron chi connectivity index (χ0n) is 14.2. The van der Waals surface area contributed by atoms with Crippen molar-refractivity contribution in [1.82, 2.24) is 4.31 Å². The first-order chi connectivity index (χ1) is 12.0. The van der Waals surface area contributed by atoms with Crippen LogP contribution < -0.4 is 5.32 Å². The van der Waals surface area contributed by atoms with Crippen LogP contribution in [0.25, 0.3) is 0 Å². The van der Waals surface area contributed by atoms with Gasteiger partial charge in [-0.25, -0.2) is 8.42 Å². The third kappa shape index (κ3) is 4.29. The standard InChI is InChI=1S/C18H22N2O3S2/c1-2-14-6-5-7-15(12-14)19-17(21)13-16-8-9-18(24-16)25(22,23)20-10-3-4-11-20/h5-9,12H,2-4,10-11,13H2,1H3,(H,19,21). The second-order valence-electron chi connectivity index (χ2n) is 6.11. The van der Waals surface area contributed by atoms with Crippen LogP contribution in [0.2, 0.25) is 0 Å². The highest BCUT2D eigenvalue weighted by atomic mass is 32.2. The maximum Gasteiger partial charge on any atom is 0.252 e. The van der Waals surface area contributed by atoms with Gasteiger partial charge in [0, 0.05) is 23.7 Å². The Balaban J connectivity index is 1.65. The van der Waals surface area contributed by atoms with Crippen molar-refractivity contribution in [2.75, 3.05) is 18.4 Å². The van der Waals surface area contributed by atoms with E-state index in [1.807, 2.05) is 24.3 Å². The number of hydrogen-bond donors (Lipinski definition) is 1. The summed E-state index contributed by atoms with van der Waals surface area (Å²) in [6.07, 6.45) is 2.91. The predicted molar refractivity (Wildman–Crippen MR) is 100 cm³/mol. The summed E-state index contributed by atoms with van der Waals surface area (Å²) in [6, 6.07) is 11.1. The molecule has 1 fully saturated rings. The highest BCUT2D eigenvalue weighted by molar-refractivity contribution is 7.91. The van der Waals surface area contributed by atoms with Gasteiger partial charge in [-0.3, -0.25) is 4.79 Å². The molecule has 2 aromatic rings. The molecule has 0 unspecified atom stereocenters. The van der Waals surface area contributed by atoms with Gasteiger partial charge < -0.3 is 5.32 Å². The van der Waals surface area contributed by atoms with Crippen molar-refractivity contribution in [2.24, 2.45) is 0 Å². The van der Waals surface area contributed by atoms with Gasteiger partial charge in [0.2, 0.25) is 5.91 Å². The van der Waals surface area contributed by atoms with Crippen molar-refractivity contribution in [1.29, 1.82) is 0 Å². The van der Waals surface area contributed by atoms with E-state index in [-0.39, 0.29) is 12.3 Å². The second kappa shape index (κ2) is 7.68. The number of carbonyl (C=O) groups excluding carboxylic acids is 1. The lowest BCUT2D eigenvalue weighted by Crippen LogP contribution is -2.27. The summed E-state index contributed by atoms with van der Waals surface area (Å²) in [4.78, 5) is 13.0. The van der Waals surface area contributed by atoms with E-state index in [2.05, 4.69) is 12.2 Å². The summed E-state index contributed by atoms with van der Waals surface area (Å²) < 4.78 is 26.9. The van der Waals surface area contributed by atoms with Crippen LogP contribution in [0.1, 0.15) is 30.2 Å². The third-order valence-corrected chi connectivity index (χ3v) is 7.70. The van der Waals surface area contributed by atoms with Crippen molar-refractivity contribution in [3.8, 4) is 0 Å². The van der Waals surface area contributed by atoms with Gasteiger partial charge in [0.25, 0.3) is 10.0 Å². The summed E-state index contributed by atoms with van der Waals surface area (Å²) in [5, 5.41) is 2.88. The number of anilines is 1. The highest BCUT2D eigenvalue weighted by Crippen LogP contribution is 2.27. The summed E-state index contributed by atoms with van der Waals surface area (Å²) in [7, 11) is -3.40. The summed E-state index contributed by atoms with van der Waals surface area (Å²) in [5.41, 5.74) is 1.93. The average Bonchev–Trinajstić information content (AvgIpc) is 3.27. The molecule has 0 bridgehead atoms. The molecule has 1 aliphatic rings. The molecule has 1 aromatic heterocycles. The molecule has 1 amide bonds. The molecule has 7 heteroatoms. The number of amides is 1. The molecular weight excluding hydrogens is 356 g/mol. The van der Waals surface area contributed by atoms with Crippen LogP contribution in [0.3, 0.4) is 0 Å². The van der Waals surface area contributed by atoms with Crippen LogP contribution in [-0.2, 0) is 27.7 Å². The van der Waals surface area contributed by atoms with Crippen LogP contribution in [0.15, 0.2) is 40.6 Å². The zero-order chi connectivity index (χ0) is 17.9. The number of carbonyl (C=O) groups is 1. The van der Waals surface area contributed by atoms with Crippen molar-refractivity contribution >= 4 is 33.0 Å². The Hall–Kier alpha value is -1.70. The Labute approximate surface area is 152 Å². The lowest BCUT2D eigenvalue weighted by Gasteiger charge is -2.13. The van der Waals surface area contributed by atoms with Gasteiger partial charge >= 0.3 is 0 Å². The van der Waals surface area contributed by atoms with Gasteiger partial charge in [0.05, 0.1) is 6.42 Å². The first-order valence-corrected chi connectivity index (χ1v) is 10.7. The minimum atomic E-state index is -3.40. The molecule has 0 radical (unpaired) electrons. The number of hydrogen-bond acceptors (Lipinski definition) is 4. The number of benzene rings is 1. The molecule has 0 aliphatic carbocycles. The van der Waals surface area contributed by atoms with Crippen molar-refractivity contribution in [3.63, 3.8) is 0 Å². The molecule has 25 heavy (non-hydrogen) atoms. The third-order valence-electron chi connectivity index (χ3n) is 4.25. The number of thiophene rings is 1. The zero-order valence-corrected chi connectivity index (χ0v) is 15.8. The Morgan fingerprint density at radius 1 is 1.20 bits per heavy atom. The Morgan fingerprint density at radius 3 is 2.68 bits per heavy atom. The molecule has 1 aliphatic heterocycles. The monoisotopic (exact) mass is 378 g/mol. The van der Waals surface area contributed by atoms with E-state index < -0.39 is 10.0 Å². The number of rotatable bonds is 6. The van der Waals surface area contributed by atoms with E-state index in [1.54, 1.807) is 12.1 Å². The average molecular weight is 379 g/mol. The molecule has 5 nitrogen and oxygen atoms in total. The minimum absolute atomic E-state index is 0.139. The number of nitrogens with zero attached hydrogens (tertiary/aromatic N) is 1. The lowest BCUT2D eigenvalue weighted by molar-refractivity contribution is -0.115. The number of aryl methyl sites for hydroxylation is 1. The largest absolute Gasteiger partial charge is 0.326 e. The van der Waals surface area contributed by atoms with E-state index in [0.717, 1.165) is 35.4 Å². The fourth-order valence-electron chi connectivity index (χ4n) is 2.88. The van der Waals surface area contributed by atoms with E-state index in [9.17, 15) is 13.2 Å². The Morgan fingerprint density at radius 2 is 1.96 bits per heavy atom. The summed E-state index contributed by atoms with van der Waals surface area (Å²) in [6.45, 7) is 3.24. The fraction of sp³-hybridized carbons (Fsp3) is 0.389. The quantitative estimate of drug-likeness (QED) is 0.839. The SMILES string of the molecule is CCc1cccc(NC(=O)Cc2ccc(S(=O)(=O)N3CCCC3)s2)c1. The van der Waals surface area contributed by atoms with Gasteiger partial charge in [-0.1, -0.05) is 19.1 Å². The van der Waals surface area contributed by atoms with Crippen molar-refractivity contribution < 1.29 is 13.2 Å². The van der Waals surface area contributed by atoms with E-state index >= 15 is 0 Å². The molecule has 1 N–H and O–H groups in total. The van der Waals surface area contributed by atoms with E-state index in [1.165, 1.54) is 15.6 Å². The summed E-state index contributed by atoms with van der Waals surface area (Å²) in [5.74, 6) is -0.139. The van der Waals surface area contributed by atoms with E-state index in [4.69, 9.17) is 0 Å². The predicted octanol–water partition coefficient (Wildman–Crippen LogP) is 3.28. The van der Waals surface area contributed by atoms with E-state index in [0.29, 0.717) is 17.3 Å². The molecule has 1 aromatic carbocycles. The molecule has 2 heterocycles. The smallest absolute Gasteiger partial charge is 0.252 e. The second-order valence-corrected chi connectivity index (χ2v) is 9.44. The molecule has 134 valence electrons. The molecular formula is C18H22N2O3S2. The topological polar surface area (TPSA) is 66.5 Å². The van der Waals surface area contributed by atoms with Crippen LogP contribution in [0, 0.1) is 0 Å². The van der Waals surface area contributed by atoms with Gasteiger partial charge in [-0.05, 0) is 49.1 Å². The maximum absolute atomic E-state index is 12.5. The number of sulfonamides is 1. The normalized spacial score (nSPS) is 15.4. The maximum atomic E-state index is 12.5. The van der Waals surface area contributed by atoms with Crippen LogP contribution >= 0.6 is 11.3 Å². The first kappa shape index (κ1) is 18.1. The van der Waals surface area contributed by atoms with Crippen LogP contribution in [0.4, 0.5) is 5.69 Å². The lowest BCUT2D eigenvalue weighted by atomic mass is 10.1. The van der Waals surface area contributed by atoms with Gasteiger partial charge in [0.1, 0.15) is 4.21 Å². The molecule has 0 saturated carbocycles. The van der Waals surface area contributed by atoms with Gasteiger partial charge in [-0.2, -0.15) is 4.31 Å². The molecule has 3 rings (SSSR count). The Kier molecular flexibility index (Phi) is 5.56. The van der Waals surface area contributed by atoms with Gasteiger partial charge in [-0.15, -0.1) is 11.3 Å². The van der Waals surface area contributed by atoms with Crippen LogP contribution in [0.5, 0.6) is 0 Å². The number of nitrogens with one attached hydrogen (secondary N) is 1. The Bertz CT molecular complexity index is 853. The van der Waals surface area contributed by atoms with Crippen molar-refractivity contribution in [2.45, 2.75) is 36.8 Å². The summed E-state index contributed by atoms with van der Waals surface area (Å²) >= 11 is 1.18. The molecule has 0 spiro atoms. The molecule has 0 atom stereocenters.